The van der Waals surface area contributed by atoms with E-state index in [1.807, 2.05) is 0 Å². The molecule has 0 saturated carbocycles. The van der Waals surface area contributed by atoms with E-state index in [1.165, 1.54) is 32.7 Å². The van der Waals surface area contributed by atoms with E-state index in [0.717, 1.165) is 0 Å². The fourth-order valence-corrected chi connectivity index (χ4v) is 5.29. The summed E-state index contributed by atoms with van der Waals surface area (Å²) in [7, 11) is 2.26. The van der Waals surface area contributed by atoms with Crippen molar-refractivity contribution in [3.05, 3.63) is 64.9 Å². The molecule has 0 saturated heterocycles. The van der Waals surface area contributed by atoms with Gasteiger partial charge in [0.1, 0.15) is 28.4 Å². The standard InChI is InChI=1S/C23H25BrN2O6S/c1-29-17-6-5-15(21(11-17)31-3)9-23(33(27,28)19-10-16(24)13-25-14-19)26-20-8-7-18(30-2)12-22(20)32-4/h5-8,10-14,23,26H,9H2,1-4H3. The van der Waals surface area contributed by atoms with Gasteiger partial charge < -0.3 is 24.3 Å². The number of hydrogen-bond donors (Lipinski definition) is 1. The summed E-state index contributed by atoms with van der Waals surface area (Å²) < 4.78 is 49.4. The molecular weight excluding hydrogens is 512 g/mol. The van der Waals surface area contributed by atoms with Crippen LogP contribution in [0.15, 0.2) is 64.2 Å². The van der Waals surface area contributed by atoms with Crippen molar-refractivity contribution in [2.75, 3.05) is 33.8 Å². The molecule has 0 radical (unpaired) electrons. The number of aromatic nitrogens is 1. The number of rotatable bonds is 10. The largest absolute Gasteiger partial charge is 0.497 e. The minimum Gasteiger partial charge on any atom is -0.497 e. The van der Waals surface area contributed by atoms with E-state index in [-0.39, 0.29) is 11.3 Å². The summed E-state index contributed by atoms with van der Waals surface area (Å²) in [6, 6.07) is 11.9. The SMILES string of the molecule is COc1ccc(CC(Nc2ccc(OC)cc2OC)S(=O)(=O)c2cncc(Br)c2)c(OC)c1. The highest BCUT2D eigenvalue weighted by atomic mass is 79.9. The predicted octanol–water partition coefficient (Wildman–Crippen LogP) is 4.33. The van der Waals surface area contributed by atoms with Gasteiger partial charge in [-0.05, 0) is 45.8 Å². The highest BCUT2D eigenvalue weighted by Crippen LogP contribution is 2.33. The zero-order valence-electron chi connectivity index (χ0n) is 18.7. The molecule has 8 nitrogen and oxygen atoms in total. The molecule has 33 heavy (non-hydrogen) atoms. The molecule has 3 aromatic rings. The number of nitrogens with one attached hydrogen (secondary N) is 1. The molecule has 0 aliphatic carbocycles. The van der Waals surface area contributed by atoms with Gasteiger partial charge in [0.15, 0.2) is 0 Å². The van der Waals surface area contributed by atoms with Crippen molar-refractivity contribution in [2.45, 2.75) is 16.7 Å². The Bertz CT molecular complexity index is 1160. The molecule has 0 amide bonds. The Kier molecular flexibility index (Phi) is 8.04. The van der Waals surface area contributed by atoms with Crippen LogP contribution in [0.3, 0.4) is 0 Å². The lowest BCUT2D eigenvalue weighted by Crippen LogP contribution is -2.32. The number of methoxy groups -OCH3 is 4. The lowest BCUT2D eigenvalue weighted by Gasteiger charge is -2.23. The van der Waals surface area contributed by atoms with Crippen molar-refractivity contribution >= 4 is 31.5 Å². The molecule has 3 rings (SSSR count). The summed E-state index contributed by atoms with van der Waals surface area (Å²) in [5, 5.41) is 2.08. The number of anilines is 1. The number of hydrogen-bond acceptors (Lipinski definition) is 8. The number of halogens is 1. The lowest BCUT2D eigenvalue weighted by atomic mass is 10.1. The molecule has 10 heteroatoms. The van der Waals surface area contributed by atoms with Crippen LogP contribution in [-0.2, 0) is 16.3 Å². The van der Waals surface area contributed by atoms with Crippen LogP contribution in [0.1, 0.15) is 5.56 Å². The lowest BCUT2D eigenvalue weighted by molar-refractivity contribution is 0.391. The van der Waals surface area contributed by atoms with Gasteiger partial charge in [-0.3, -0.25) is 4.98 Å². The van der Waals surface area contributed by atoms with Crippen LogP contribution in [0.2, 0.25) is 0 Å². The molecule has 1 aromatic heterocycles. The molecule has 0 aliphatic rings. The second-order valence-electron chi connectivity index (χ2n) is 6.96. The van der Waals surface area contributed by atoms with Crippen molar-refractivity contribution in [3.8, 4) is 23.0 Å². The summed E-state index contributed by atoms with van der Waals surface area (Å²) in [6.07, 6.45) is 2.96. The normalized spacial score (nSPS) is 12.0. The quantitative estimate of drug-likeness (QED) is 0.409. The maximum Gasteiger partial charge on any atom is 0.201 e. The van der Waals surface area contributed by atoms with Gasteiger partial charge in [0, 0.05) is 35.4 Å². The van der Waals surface area contributed by atoms with Gasteiger partial charge in [-0.2, -0.15) is 0 Å². The molecule has 0 fully saturated rings. The first-order valence-electron chi connectivity index (χ1n) is 9.86. The fraction of sp³-hybridized carbons (Fsp3) is 0.261. The number of ether oxygens (including phenoxy) is 4. The van der Waals surface area contributed by atoms with Crippen LogP contribution in [-0.4, -0.2) is 47.2 Å². The first kappa shape index (κ1) is 24.7. The molecule has 0 spiro atoms. The minimum atomic E-state index is -3.88. The zero-order chi connectivity index (χ0) is 24.0. The number of benzene rings is 2. The Morgan fingerprint density at radius 2 is 1.52 bits per heavy atom. The third-order valence-electron chi connectivity index (χ3n) is 5.01. The second kappa shape index (κ2) is 10.8. The minimum absolute atomic E-state index is 0.0781. The molecule has 1 unspecified atom stereocenters. The third-order valence-corrected chi connectivity index (χ3v) is 7.36. The van der Waals surface area contributed by atoms with Crippen molar-refractivity contribution < 1.29 is 27.4 Å². The van der Waals surface area contributed by atoms with E-state index < -0.39 is 15.2 Å². The monoisotopic (exact) mass is 536 g/mol. The summed E-state index contributed by atoms with van der Waals surface area (Å²) in [5.74, 6) is 2.16. The van der Waals surface area contributed by atoms with E-state index in [2.05, 4.69) is 26.2 Å². The van der Waals surface area contributed by atoms with Crippen molar-refractivity contribution in [1.29, 1.82) is 0 Å². The Labute approximate surface area is 201 Å². The Balaban J connectivity index is 2.07. The summed E-state index contributed by atoms with van der Waals surface area (Å²) >= 11 is 3.30. The third kappa shape index (κ3) is 5.69. The highest BCUT2D eigenvalue weighted by Gasteiger charge is 2.30. The van der Waals surface area contributed by atoms with Crippen molar-refractivity contribution in [3.63, 3.8) is 0 Å². The predicted molar refractivity (Wildman–Crippen MR) is 129 cm³/mol. The molecule has 1 heterocycles. The van der Waals surface area contributed by atoms with Crippen LogP contribution in [0.4, 0.5) is 5.69 Å². The number of nitrogens with zero attached hydrogens (tertiary/aromatic N) is 1. The maximum atomic E-state index is 13.7. The van der Waals surface area contributed by atoms with Gasteiger partial charge in [0.2, 0.25) is 9.84 Å². The van der Waals surface area contributed by atoms with Crippen LogP contribution in [0.25, 0.3) is 0 Å². The van der Waals surface area contributed by atoms with Gasteiger partial charge in [-0.1, -0.05) is 6.07 Å². The van der Waals surface area contributed by atoms with Crippen LogP contribution in [0.5, 0.6) is 23.0 Å². The maximum absolute atomic E-state index is 13.7. The van der Waals surface area contributed by atoms with Crippen LogP contribution < -0.4 is 24.3 Å². The van der Waals surface area contributed by atoms with Crippen molar-refractivity contribution in [1.82, 2.24) is 4.98 Å². The summed E-state index contributed by atoms with van der Waals surface area (Å²) in [4.78, 5) is 4.10. The Morgan fingerprint density at radius 1 is 0.879 bits per heavy atom. The average Bonchev–Trinajstić information content (AvgIpc) is 2.83. The van der Waals surface area contributed by atoms with E-state index in [4.69, 9.17) is 18.9 Å². The smallest absolute Gasteiger partial charge is 0.201 e. The summed E-state index contributed by atoms with van der Waals surface area (Å²) in [5.41, 5.74) is 1.19. The first-order valence-corrected chi connectivity index (χ1v) is 12.2. The molecule has 0 aliphatic heterocycles. The van der Waals surface area contributed by atoms with Crippen LogP contribution >= 0.6 is 15.9 Å². The van der Waals surface area contributed by atoms with Gasteiger partial charge >= 0.3 is 0 Å². The topological polar surface area (TPSA) is 96.0 Å². The van der Waals surface area contributed by atoms with Gasteiger partial charge in [-0.25, -0.2) is 8.42 Å². The molecular formula is C23H25BrN2O6S. The molecule has 1 N–H and O–H groups in total. The Hall–Kier alpha value is -2.98. The second-order valence-corrected chi connectivity index (χ2v) is 10.0. The van der Waals surface area contributed by atoms with Gasteiger partial charge in [0.05, 0.1) is 39.0 Å². The number of sulfone groups is 1. The first-order chi connectivity index (χ1) is 15.8. The molecule has 2 aromatic carbocycles. The van der Waals surface area contributed by atoms with E-state index in [1.54, 1.807) is 50.6 Å². The van der Waals surface area contributed by atoms with E-state index in [0.29, 0.717) is 38.7 Å². The van der Waals surface area contributed by atoms with E-state index >= 15 is 0 Å². The average molecular weight is 537 g/mol. The Morgan fingerprint density at radius 3 is 2.12 bits per heavy atom. The van der Waals surface area contributed by atoms with E-state index in [9.17, 15) is 8.42 Å². The number of pyridine rings is 1. The van der Waals surface area contributed by atoms with Gasteiger partial charge in [0.25, 0.3) is 0 Å². The molecule has 0 bridgehead atoms. The zero-order valence-corrected chi connectivity index (χ0v) is 21.1. The van der Waals surface area contributed by atoms with Crippen LogP contribution in [0, 0.1) is 0 Å². The van der Waals surface area contributed by atoms with Gasteiger partial charge in [-0.15, -0.1) is 0 Å². The fourth-order valence-electron chi connectivity index (χ4n) is 3.26. The highest BCUT2D eigenvalue weighted by molar-refractivity contribution is 9.10. The summed E-state index contributed by atoms with van der Waals surface area (Å²) in [6.45, 7) is 0. The molecule has 176 valence electrons. The van der Waals surface area contributed by atoms with Crippen molar-refractivity contribution in [2.24, 2.45) is 0 Å². The molecule has 1 atom stereocenters.